The second kappa shape index (κ2) is 7.22. The van der Waals surface area contributed by atoms with Gasteiger partial charge in [-0.25, -0.2) is 4.68 Å². The van der Waals surface area contributed by atoms with Crippen molar-refractivity contribution in [2.24, 2.45) is 5.92 Å². The van der Waals surface area contributed by atoms with Gasteiger partial charge in [-0.05, 0) is 44.0 Å². The van der Waals surface area contributed by atoms with Crippen LogP contribution >= 0.6 is 0 Å². The molecule has 1 unspecified atom stereocenters. The van der Waals surface area contributed by atoms with E-state index in [1.807, 2.05) is 0 Å². The van der Waals surface area contributed by atoms with Crippen molar-refractivity contribution in [2.75, 3.05) is 19.6 Å². The quantitative estimate of drug-likeness (QED) is 0.618. The van der Waals surface area contributed by atoms with Gasteiger partial charge in [0.1, 0.15) is 5.69 Å². The zero-order chi connectivity index (χ0) is 16.9. The number of aromatic nitrogens is 2. The predicted octanol–water partition coefficient (Wildman–Crippen LogP) is 1.51. The topological polar surface area (TPSA) is 102 Å². The maximum Gasteiger partial charge on any atom is 0.294 e. The Morgan fingerprint density at radius 1 is 1.42 bits per heavy atom. The molecule has 8 heteroatoms. The summed E-state index contributed by atoms with van der Waals surface area (Å²) in [5, 5.41) is 21.4. The third-order valence-electron chi connectivity index (χ3n) is 4.15. The van der Waals surface area contributed by atoms with Crippen LogP contribution in [0.2, 0.25) is 0 Å². The van der Waals surface area contributed by atoms with Crippen LogP contribution in [-0.4, -0.2) is 40.2 Å². The van der Waals surface area contributed by atoms with Crippen LogP contribution in [0, 0.1) is 16.0 Å². The molecule has 0 radical (unpaired) electrons. The second-order valence-electron chi connectivity index (χ2n) is 5.79. The SMILES string of the molecule is O=C(NCCC1CCNC1)c1ccn(-c2ccccc2[N+](=O)[O-])n1. The molecule has 1 fully saturated rings. The smallest absolute Gasteiger partial charge is 0.294 e. The first-order valence-electron chi connectivity index (χ1n) is 7.93. The van der Waals surface area contributed by atoms with Crippen molar-refractivity contribution in [3.8, 4) is 5.69 Å². The molecule has 1 atom stereocenters. The van der Waals surface area contributed by atoms with Crippen molar-refractivity contribution in [3.05, 3.63) is 52.3 Å². The highest BCUT2D eigenvalue weighted by Gasteiger charge is 2.18. The fourth-order valence-corrected chi connectivity index (χ4v) is 2.83. The number of hydrogen-bond acceptors (Lipinski definition) is 5. The Hall–Kier alpha value is -2.74. The zero-order valence-corrected chi connectivity index (χ0v) is 13.1. The lowest BCUT2D eigenvalue weighted by Gasteiger charge is -2.08. The molecule has 8 nitrogen and oxygen atoms in total. The summed E-state index contributed by atoms with van der Waals surface area (Å²) in [6, 6.07) is 7.85. The average Bonchev–Trinajstić information content (AvgIpc) is 3.26. The molecule has 24 heavy (non-hydrogen) atoms. The van der Waals surface area contributed by atoms with Gasteiger partial charge in [-0.3, -0.25) is 14.9 Å². The molecule has 3 rings (SSSR count). The van der Waals surface area contributed by atoms with Crippen LogP contribution in [0.5, 0.6) is 0 Å². The van der Waals surface area contributed by atoms with Gasteiger partial charge >= 0.3 is 0 Å². The van der Waals surface area contributed by atoms with Crippen LogP contribution in [-0.2, 0) is 0 Å². The van der Waals surface area contributed by atoms with Crippen molar-refractivity contribution in [3.63, 3.8) is 0 Å². The molecule has 1 aliphatic rings. The van der Waals surface area contributed by atoms with Gasteiger partial charge in [0, 0.05) is 18.8 Å². The van der Waals surface area contributed by atoms with Gasteiger partial charge in [0.2, 0.25) is 0 Å². The highest BCUT2D eigenvalue weighted by Crippen LogP contribution is 2.21. The number of benzene rings is 1. The van der Waals surface area contributed by atoms with Crippen molar-refractivity contribution in [2.45, 2.75) is 12.8 Å². The Bertz CT molecular complexity index is 737. The molecule has 1 aliphatic heterocycles. The maximum atomic E-state index is 12.1. The second-order valence-corrected chi connectivity index (χ2v) is 5.79. The van der Waals surface area contributed by atoms with Crippen LogP contribution < -0.4 is 10.6 Å². The normalized spacial score (nSPS) is 16.9. The number of carbonyl (C=O) groups excluding carboxylic acids is 1. The van der Waals surface area contributed by atoms with E-state index in [-0.39, 0.29) is 17.3 Å². The molecule has 2 N–H and O–H groups in total. The molecule has 1 aromatic heterocycles. The molecule has 1 amide bonds. The summed E-state index contributed by atoms with van der Waals surface area (Å²) in [4.78, 5) is 22.8. The Kier molecular flexibility index (Phi) is 4.85. The van der Waals surface area contributed by atoms with Gasteiger partial charge in [0.05, 0.1) is 4.92 Å². The van der Waals surface area contributed by atoms with E-state index in [1.54, 1.807) is 30.5 Å². The van der Waals surface area contributed by atoms with E-state index in [1.165, 1.54) is 10.7 Å². The van der Waals surface area contributed by atoms with Gasteiger partial charge in [0.15, 0.2) is 5.69 Å². The summed E-state index contributed by atoms with van der Waals surface area (Å²) >= 11 is 0. The third-order valence-corrected chi connectivity index (χ3v) is 4.15. The summed E-state index contributed by atoms with van der Waals surface area (Å²) in [6.07, 6.45) is 3.63. The molecule has 2 aromatic rings. The molecular weight excluding hydrogens is 310 g/mol. The van der Waals surface area contributed by atoms with Crippen molar-refractivity contribution in [1.29, 1.82) is 0 Å². The zero-order valence-electron chi connectivity index (χ0n) is 13.1. The summed E-state index contributed by atoms with van der Waals surface area (Å²) in [7, 11) is 0. The minimum Gasteiger partial charge on any atom is -0.351 e. The van der Waals surface area contributed by atoms with Crippen LogP contribution in [0.4, 0.5) is 5.69 Å². The minimum atomic E-state index is -0.466. The number of hydrogen-bond donors (Lipinski definition) is 2. The first-order chi connectivity index (χ1) is 11.6. The van der Waals surface area contributed by atoms with Gasteiger partial charge in [-0.2, -0.15) is 5.10 Å². The number of rotatable bonds is 6. The standard InChI is InChI=1S/C16H19N5O3/c22-16(18-9-6-12-5-8-17-11-12)13-7-10-20(19-13)14-3-1-2-4-15(14)21(23)24/h1-4,7,10,12,17H,5-6,8-9,11H2,(H,18,22). The van der Waals surface area contributed by atoms with Gasteiger partial charge in [0.25, 0.3) is 11.6 Å². The van der Waals surface area contributed by atoms with Crippen molar-refractivity contribution >= 4 is 11.6 Å². The highest BCUT2D eigenvalue weighted by atomic mass is 16.6. The van der Waals surface area contributed by atoms with Crippen LogP contribution in [0.3, 0.4) is 0 Å². The summed E-state index contributed by atoms with van der Waals surface area (Å²) in [5.74, 6) is 0.341. The Balaban J connectivity index is 1.64. The number of carbonyl (C=O) groups is 1. The largest absolute Gasteiger partial charge is 0.351 e. The van der Waals surface area contributed by atoms with E-state index < -0.39 is 4.92 Å². The van der Waals surface area contributed by atoms with E-state index in [0.717, 1.165) is 25.9 Å². The van der Waals surface area contributed by atoms with Crippen LogP contribution in [0.15, 0.2) is 36.5 Å². The third kappa shape index (κ3) is 3.60. The number of para-hydroxylation sites is 2. The molecular formula is C16H19N5O3. The Labute approximate surface area is 139 Å². The fraction of sp³-hybridized carbons (Fsp3) is 0.375. The monoisotopic (exact) mass is 329 g/mol. The van der Waals surface area contributed by atoms with E-state index >= 15 is 0 Å². The lowest BCUT2D eigenvalue weighted by atomic mass is 10.1. The van der Waals surface area contributed by atoms with E-state index in [9.17, 15) is 14.9 Å². The highest BCUT2D eigenvalue weighted by molar-refractivity contribution is 5.92. The van der Waals surface area contributed by atoms with E-state index in [2.05, 4.69) is 15.7 Å². The Morgan fingerprint density at radius 2 is 2.25 bits per heavy atom. The Morgan fingerprint density at radius 3 is 3.00 bits per heavy atom. The molecule has 2 heterocycles. The first-order valence-corrected chi connectivity index (χ1v) is 7.93. The lowest BCUT2D eigenvalue weighted by Crippen LogP contribution is -2.27. The molecule has 1 saturated heterocycles. The molecule has 0 aliphatic carbocycles. The summed E-state index contributed by atoms with van der Waals surface area (Å²) in [5.41, 5.74) is 0.526. The summed E-state index contributed by atoms with van der Waals surface area (Å²) < 4.78 is 1.36. The van der Waals surface area contributed by atoms with E-state index in [0.29, 0.717) is 18.2 Å². The number of nitro groups is 1. The number of amides is 1. The molecule has 1 aromatic carbocycles. The van der Waals surface area contributed by atoms with Crippen molar-refractivity contribution < 1.29 is 9.72 Å². The minimum absolute atomic E-state index is 0.0544. The van der Waals surface area contributed by atoms with Crippen LogP contribution in [0.1, 0.15) is 23.3 Å². The fourth-order valence-electron chi connectivity index (χ4n) is 2.83. The van der Waals surface area contributed by atoms with Crippen molar-refractivity contribution in [1.82, 2.24) is 20.4 Å². The number of nitrogens with one attached hydrogen (secondary N) is 2. The van der Waals surface area contributed by atoms with Gasteiger partial charge in [-0.15, -0.1) is 0 Å². The average molecular weight is 329 g/mol. The van der Waals surface area contributed by atoms with Crippen LogP contribution in [0.25, 0.3) is 5.69 Å². The number of nitrogens with zero attached hydrogens (tertiary/aromatic N) is 3. The first kappa shape index (κ1) is 16.1. The maximum absolute atomic E-state index is 12.1. The van der Waals surface area contributed by atoms with Gasteiger partial charge < -0.3 is 10.6 Å². The molecule has 0 saturated carbocycles. The summed E-state index contributed by atoms with van der Waals surface area (Å²) in [6.45, 7) is 2.64. The van der Waals surface area contributed by atoms with Gasteiger partial charge in [-0.1, -0.05) is 12.1 Å². The lowest BCUT2D eigenvalue weighted by molar-refractivity contribution is -0.384. The molecule has 0 spiro atoms. The molecule has 0 bridgehead atoms. The predicted molar refractivity (Wildman–Crippen MR) is 88.1 cm³/mol. The molecule has 126 valence electrons. The number of nitro benzene ring substituents is 1. The van der Waals surface area contributed by atoms with E-state index in [4.69, 9.17) is 0 Å².